The smallest absolute Gasteiger partial charge is 0.321 e. The van der Waals surface area contributed by atoms with Gasteiger partial charge >= 0.3 is 6.03 Å². The number of carbonyl (C=O) groups is 1. The lowest BCUT2D eigenvalue weighted by Gasteiger charge is -2.31. The van der Waals surface area contributed by atoms with Crippen LogP contribution in [0, 0.1) is 0 Å². The van der Waals surface area contributed by atoms with Gasteiger partial charge in [0.2, 0.25) is 0 Å². The van der Waals surface area contributed by atoms with Crippen LogP contribution in [-0.4, -0.2) is 37.2 Å². The molecule has 1 heterocycles. The van der Waals surface area contributed by atoms with Crippen LogP contribution in [0.2, 0.25) is 0 Å². The first-order chi connectivity index (χ1) is 9.60. The molecular formula is C15H23N3O2. The van der Waals surface area contributed by atoms with Gasteiger partial charge in [0, 0.05) is 31.9 Å². The summed E-state index contributed by atoms with van der Waals surface area (Å²) in [6.45, 7) is 3.41. The van der Waals surface area contributed by atoms with E-state index >= 15 is 0 Å². The Bertz CT molecular complexity index is 437. The number of likely N-dealkylation sites (tertiary alicyclic amines) is 1. The minimum Gasteiger partial charge on any atom is -0.381 e. The first-order valence-electron chi connectivity index (χ1n) is 7.04. The van der Waals surface area contributed by atoms with Crippen molar-refractivity contribution in [2.75, 3.05) is 25.5 Å². The Labute approximate surface area is 120 Å². The fourth-order valence-electron chi connectivity index (χ4n) is 2.37. The Morgan fingerprint density at radius 2 is 1.95 bits per heavy atom. The number of benzene rings is 1. The number of urea groups is 1. The highest BCUT2D eigenvalue weighted by Gasteiger charge is 2.22. The normalized spacial score (nSPS) is 17.9. The Morgan fingerprint density at radius 3 is 2.45 bits per heavy atom. The number of carbonyl (C=O) groups excluding carboxylic acids is 1. The molecule has 1 atom stereocenters. The topological polar surface area (TPSA) is 67.6 Å². The summed E-state index contributed by atoms with van der Waals surface area (Å²) < 4.78 is 5.30. The quantitative estimate of drug-likeness (QED) is 0.891. The molecule has 2 amide bonds. The molecule has 0 saturated carbocycles. The molecule has 1 aromatic carbocycles. The van der Waals surface area contributed by atoms with E-state index in [2.05, 4.69) is 5.32 Å². The third-order valence-electron chi connectivity index (χ3n) is 3.75. The van der Waals surface area contributed by atoms with Crippen molar-refractivity contribution in [3.8, 4) is 0 Å². The van der Waals surface area contributed by atoms with E-state index in [9.17, 15) is 4.79 Å². The third-order valence-corrected chi connectivity index (χ3v) is 3.75. The third kappa shape index (κ3) is 3.71. The SMILES string of the molecule is COC1CCN(C(=O)Nc2ccc(C(C)N)cc2)CC1. The van der Waals surface area contributed by atoms with Gasteiger partial charge in [-0.3, -0.25) is 0 Å². The van der Waals surface area contributed by atoms with Crippen molar-refractivity contribution >= 4 is 11.7 Å². The van der Waals surface area contributed by atoms with E-state index in [1.165, 1.54) is 0 Å². The second-order valence-electron chi connectivity index (χ2n) is 5.26. The van der Waals surface area contributed by atoms with Crippen LogP contribution in [0.5, 0.6) is 0 Å². The summed E-state index contributed by atoms with van der Waals surface area (Å²) in [6.07, 6.45) is 2.07. The Kier molecular flexibility index (Phi) is 4.98. The van der Waals surface area contributed by atoms with Gasteiger partial charge in [-0.1, -0.05) is 12.1 Å². The summed E-state index contributed by atoms with van der Waals surface area (Å²) in [4.78, 5) is 14.0. The molecule has 0 aromatic heterocycles. The lowest BCUT2D eigenvalue weighted by atomic mass is 10.1. The number of methoxy groups -OCH3 is 1. The highest BCUT2D eigenvalue weighted by atomic mass is 16.5. The zero-order valence-corrected chi connectivity index (χ0v) is 12.1. The Morgan fingerprint density at radius 1 is 1.35 bits per heavy atom. The van der Waals surface area contributed by atoms with Crippen LogP contribution in [0.15, 0.2) is 24.3 Å². The van der Waals surface area contributed by atoms with Crippen LogP contribution in [-0.2, 0) is 4.74 Å². The lowest BCUT2D eigenvalue weighted by molar-refractivity contribution is 0.0521. The zero-order chi connectivity index (χ0) is 14.5. The van der Waals surface area contributed by atoms with Gasteiger partial charge < -0.3 is 20.7 Å². The number of hydrogen-bond acceptors (Lipinski definition) is 3. The largest absolute Gasteiger partial charge is 0.381 e. The van der Waals surface area contributed by atoms with E-state index in [0.29, 0.717) is 0 Å². The molecule has 20 heavy (non-hydrogen) atoms. The molecule has 5 nitrogen and oxygen atoms in total. The first kappa shape index (κ1) is 14.8. The number of amides is 2. The first-order valence-corrected chi connectivity index (χ1v) is 7.04. The maximum Gasteiger partial charge on any atom is 0.321 e. The van der Waals surface area contributed by atoms with Gasteiger partial charge in [-0.15, -0.1) is 0 Å². The van der Waals surface area contributed by atoms with E-state index in [1.54, 1.807) is 7.11 Å². The average Bonchev–Trinajstić information content (AvgIpc) is 2.48. The van der Waals surface area contributed by atoms with Gasteiger partial charge in [0.1, 0.15) is 0 Å². The van der Waals surface area contributed by atoms with Crippen molar-refractivity contribution < 1.29 is 9.53 Å². The molecule has 2 rings (SSSR count). The van der Waals surface area contributed by atoms with Gasteiger partial charge in [0.15, 0.2) is 0 Å². The molecule has 1 fully saturated rings. The summed E-state index contributed by atoms with van der Waals surface area (Å²) in [7, 11) is 1.72. The van der Waals surface area contributed by atoms with Crippen LogP contribution in [0.1, 0.15) is 31.4 Å². The van der Waals surface area contributed by atoms with Crippen molar-refractivity contribution in [1.29, 1.82) is 0 Å². The van der Waals surface area contributed by atoms with E-state index < -0.39 is 0 Å². The van der Waals surface area contributed by atoms with E-state index in [4.69, 9.17) is 10.5 Å². The molecular weight excluding hydrogens is 254 g/mol. The second kappa shape index (κ2) is 6.72. The number of piperidine rings is 1. The molecule has 5 heteroatoms. The number of hydrogen-bond donors (Lipinski definition) is 2. The summed E-state index contributed by atoms with van der Waals surface area (Å²) in [5, 5.41) is 2.92. The summed E-state index contributed by atoms with van der Waals surface area (Å²) in [5.74, 6) is 0. The minimum absolute atomic E-state index is 0.00724. The number of nitrogens with two attached hydrogens (primary N) is 1. The summed E-state index contributed by atoms with van der Waals surface area (Å²) in [5.41, 5.74) is 7.66. The predicted molar refractivity (Wildman–Crippen MR) is 79.7 cm³/mol. The zero-order valence-electron chi connectivity index (χ0n) is 12.1. The second-order valence-corrected chi connectivity index (χ2v) is 5.26. The van der Waals surface area contributed by atoms with Gasteiger partial charge in [0.25, 0.3) is 0 Å². The standard InChI is InChI=1S/C15H23N3O2/c1-11(16)12-3-5-13(6-4-12)17-15(19)18-9-7-14(20-2)8-10-18/h3-6,11,14H,7-10,16H2,1-2H3,(H,17,19). The van der Waals surface area contributed by atoms with E-state index in [0.717, 1.165) is 37.2 Å². The monoisotopic (exact) mass is 277 g/mol. The van der Waals surface area contributed by atoms with Crippen LogP contribution in [0.4, 0.5) is 10.5 Å². The molecule has 1 saturated heterocycles. The van der Waals surface area contributed by atoms with Crippen LogP contribution in [0.3, 0.4) is 0 Å². The average molecular weight is 277 g/mol. The van der Waals surface area contributed by atoms with Crippen molar-refractivity contribution in [2.45, 2.75) is 31.9 Å². The minimum atomic E-state index is -0.0481. The fraction of sp³-hybridized carbons (Fsp3) is 0.533. The van der Waals surface area contributed by atoms with Crippen molar-refractivity contribution in [3.05, 3.63) is 29.8 Å². The Hall–Kier alpha value is -1.59. The van der Waals surface area contributed by atoms with Crippen molar-refractivity contribution in [1.82, 2.24) is 4.90 Å². The number of nitrogens with one attached hydrogen (secondary N) is 1. The molecule has 3 N–H and O–H groups in total. The number of ether oxygens (including phenoxy) is 1. The van der Waals surface area contributed by atoms with Crippen LogP contribution in [0.25, 0.3) is 0 Å². The number of anilines is 1. The van der Waals surface area contributed by atoms with E-state index in [1.807, 2.05) is 36.1 Å². The van der Waals surface area contributed by atoms with Crippen molar-refractivity contribution in [2.24, 2.45) is 5.73 Å². The molecule has 0 spiro atoms. The molecule has 110 valence electrons. The molecule has 0 aliphatic carbocycles. The number of nitrogens with zero attached hydrogens (tertiary/aromatic N) is 1. The Balaban J connectivity index is 1.88. The van der Waals surface area contributed by atoms with Crippen LogP contribution >= 0.6 is 0 Å². The van der Waals surface area contributed by atoms with Gasteiger partial charge in [0.05, 0.1) is 6.10 Å². The molecule has 1 aliphatic rings. The van der Waals surface area contributed by atoms with Gasteiger partial charge in [-0.25, -0.2) is 4.79 Å². The maximum atomic E-state index is 12.1. The molecule has 1 aromatic rings. The van der Waals surface area contributed by atoms with Gasteiger partial charge in [-0.05, 0) is 37.5 Å². The maximum absolute atomic E-state index is 12.1. The lowest BCUT2D eigenvalue weighted by Crippen LogP contribution is -2.42. The summed E-state index contributed by atoms with van der Waals surface area (Å²) >= 11 is 0. The van der Waals surface area contributed by atoms with E-state index in [-0.39, 0.29) is 18.2 Å². The highest BCUT2D eigenvalue weighted by Crippen LogP contribution is 2.17. The van der Waals surface area contributed by atoms with Gasteiger partial charge in [-0.2, -0.15) is 0 Å². The molecule has 0 bridgehead atoms. The summed E-state index contributed by atoms with van der Waals surface area (Å²) in [6, 6.07) is 7.62. The number of rotatable bonds is 3. The molecule has 1 aliphatic heterocycles. The molecule has 1 unspecified atom stereocenters. The highest BCUT2D eigenvalue weighted by molar-refractivity contribution is 5.89. The van der Waals surface area contributed by atoms with Crippen LogP contribution < -0.4 is 11.1 Å². The predicted octanol–water partition coefficient (Wildman–Crippen LogP) is 2.35. The van der Waals surface area contributed by atoms with Crippen molar-refractivity contribution in [3.63, 3.8) is 0 Å². The molecule has 0 radical (unpaired) electrons. The fourth-order valence-corrected chi connectivity index (χ4v) is 2.37.